The molecule has 5 nitrogen and oxygen atoms in total. The lowest BCUT2D eigenvalue weighted by molar-refractivity contribution is 0.319. The highest BCUT2D eigenvalue weighted by molar-refractivity contribution is 7.99. The van der Waals surface area contributed by atoms with Crippen molar-refractivity contribution in [3.63, 3.8) is 0 Å². The molecule has 0 aliphatic heterocycles. The number of oxime groups is 1. The summed E-state index contributed by atoms with van der Waals surface area (Å²) in [4.78, 5) is 0. The van der Waals surface area contributed by atoms with E-state index in [1.54, 1.807) is 0 Å². The maximum absolute atomic E-state index is 9.32. The lowest BCUT2D eigenvalue weighted by atomic mass is 10.1. The molecular weight excluding hydrogens is 332 g/mol. The molecule has 0 unspecified atom stereocenters. The van der Waals surface area contributed by atoms with Crippen LogP contribution in [-0.2, 0) is 13.0 Å². The Hall–Kier alpha value is -2.60. The summed E-state index contributed by atoms with van der Waals surface area (Å²) in [6, 6.07) is 19.9. The minimum Gasteiger partial charge on any atom is -0.411 e. The fraction of sp³-hybridized carbons (Fsp3) is 0.211. The minimum atomic E-state index is 0.532. The predicted molar refractivity (Wildman–Crippen MR) is 100 cm³/mol. The van der Waals surface area contributed by atoms with Crippen molar-refractivity contribution in [3.05, 3.63) is 77.6 Å². The van der Waals surface area contributed by atoms with Crippen LogP contribution in [0.5, 0.6) is 0 Å². The number of aromatic nitrogens is 3. The molecule has 0 saturated carbocycles. The first-order valence-corrected chi connectivity index (χ1v) is 9.15. The Morgan fingerprint density at radius 3 is 2.36 bits per heavy atom. The van der Waals surface area contributed by atoms with Crippen molar-refractivity contribution in [3.8, 4) is 0 Å². The molecule has 0 amide bonds. The Morgan fingerprint density at radius 1 is 1.04 bits per heavy atom. The largest absolute Gasteiger partial charge is 0.411 e. The molecule has 0 aliphatic rings. The summed E-state index contributed by atoms with van der Waals surface area (Å²) in [7, 11) is 0. The van der Waals surface area contributed by atoms with Gasteiger partial charge in [-0.2, -0.15) is 0 Å². The Balaban J connectivity index is 1.73. The Labute approximate surface area is 151 Å². The predicted octanol–water partition coefficient (Wildman–Crippen LogP) is 3.86. The second-order valence-electron chi connectivity index (χ2n) is 5.51. The highest BCUT2D eigenvalue weighted by atomic mass is 32.2. The number of nitrogens with zero attached hydrogens (tertiary/aromatic N) is 4. The van der Waals surface area contributed by atoms with Crippen molar-refractivity contribution >= 4 is 17.5 Å². The van der Waals surface area contributed by atoms with Crippen molar-refractivity contribution in [2.75, 3.05) is 5.75 Å². The van der Waals surface area contributed by atoms with E-state index in [0.717, 1.165) is 29.5 Å². The molecule has 25 heavy (non-hydrogen) atoms. The molecule has 3 rings (SSSR count). The van der Waals surface area contributed by atoms with Crippen LogP contribution in [0.4, 0.5) is 0 Å². The van der Waals surface area contributed by atoms with E-state index in [2.05, 4.69) is 39.0 Å². The van der Waals surface area contributed by atoms with Crippen molar-refractivity contribution < 1.29 is 5.21 Å². The summed E-state index contributed by atoms with van der Waals surface area (Å²) >= 11 is 1.53. The van der Waals surface area contributed by atoms with Crippen LogP contribution >= 0.6 is 11.8 Å². The van der Waals surface area contributed by atoms with Crippen molar-refractivity contribution in [1.82, 2.24) is 14.8 Å². The molecule has 1 N–H and O–H groups in total. The first-order valence-electron chi connectivity index (χ1n) is 8.17. The van der Waals surface area contributed by atoms with Crippen LogP contribution in [0.2, 0.25) is 0 Å². The van der Waals surface area contributed by atoms with Crippen molar-refractivity contribution in [1.29, 1.82) is 0 Å². The van der Waals surface area contributed by atoms with E-state index in [1.807, 2.05) is 48.5 Å². The zero-order chi connectivity index (χ0) is 17.5. The number of benzene rings is 2. The highest BCUT2D eigenvalue weighted by Crippen LogP contribution is 2.20. The van der Waals surface area contributed by atoms with Gasteiger partial charge in [0, 0.05) is 24.3 Å². The first kappa shape index (κ1) is 17.2. The third kappa shape index (κ3) is 4.28. The molecule has 1 aromatic heterocycles. The Kier molecular flexibility index (Phi) is 5.85. The quantitative estimate of drug-likeness (QED) is 0.303. The van der Waals surface area contributed by atoms with Crippen LogP contribution in [0.1, 0.15) is 23.9 Å². The van der Waals surface area contributed by atoms with Gasteiger partial charge in [-0.15, -0.1) is 10.2 Å². The van der Waals surface area contributed by atoms with Gasteiger partial charge in [-0.05, 0) is 12.5 Å². The van der Waals surface area contributed by atoms with Gasteiger partial charge >= 0.3 is 0 Å². The summed E-state index contributed by atoms with van der Waals surface area (Å²) in [5, 5.41) is 22.3. The van der Waals surface area contributed by atoms with Gasteiger partial charge in [0.25, 0.3) is 0 Å². The zero-order valence-electron chi connectivity index (χ0n) is 14.0. The summed E-state index contributed by atoms with van der Waals surface area (Å²) < 4.78 is 2.11. The third-order valence-corrected chi connectivity index (χ3v) is 4.86. The van der Waals surface area contributed by atoms with Crippen molar-refractivity contribution in [2.24, 2.45) is 5.16 Å². The van der Waals surface area contributed by atoms with Crippen LogP contribution in [0.3, 0.4) is 0 Å². The monoisotopic (exact) mass is 352 g/mol. The van der Waals surface area contributed by atoms with Gasteiger partial charge in [-0.1, -0.05) is 77.6 Å². The molecule has 0 atom stereocenters. The Bertz CT molecular complexity index is 831. The minimum absolute atomic E-state index is 0.532. The molecule has 0 bridgehead atoms. The van der Waals surface area contributed by atoms with E-state index in [1.165, 1.54) is 17.3 Å². The van der Waals surface area contributed by atoms with Crippen LogP contribution in [0.15, 0.2) is 71.0 Å². The van der Waals surface area contributed by atoms with E-state index >= 15 is 0 Å². The molecule has 0 spiro atoms. The lowest BCUT2D eigenvalue weighted by Crippen LogP contribution is -2.07. The van der Waals surface area contributed by atoms with Gasteiger partial charge < -0.3 is 9.77 Å². The second-order valence-corrected chi connectivity index (χ2v) is 6.45. The molecule has 128 valence electrons. The SMILES string of the molecule is CCn1c(Cc2ccccc2)nnc1SC/C(=N\O)c1ccccc1. The number of rotatable bonds is 7. The average Bonchev–Trinajstić information content (AvgIpc) is 3.05. The normalized spacial score (nSPS) is 11.6. The molecule has 6 heteroatoms. The summed E-state index contributed by atoms with van der Waals surface area (Å²) in [6.07, 6.45) is 0.752. The molecular formula is C19H20N4OS. The van der Waals surface area contributed by atoms with Crippen LogP contribution < -0.4 is 0 Å². The van der Waals surface area contributed by atoms with Crippen LogP contribution in [-0.4, -0.2) is 31.4 Å². The van der Waals surface area contributed by atoms with E-state index in [0.29, 0.717) is 11.5 Å². The fourth-order valence-corrected chi connectivity index (χ4v) is 3.57. The Morgan fingerprint density at radius 2 is 1.72 bits per heavy atom. The smallest absolute Gasteiger partial charge is 0.191 e. The van der Waals surface area contributed by atoms with Gasteiger partial charge in [0.15, 0.2) is 5.16 Å². The van der Waals surface area contributed by atoms with Gasteiger partial charge in [0.1, 0.15) is 5.82 Å². The van der Waals surface area contributed by atoms with E-state index in [-0.39, 0.29) is 0 Å². The number of hydrogen-bond donors (Lipinski definition) is 1. The number of hydrogen-bond acceptors (Lipinski definition) is 5. The molecule has 0 fully saturated rings. The maximum atomic E-state index is 9.32. The molecule has 0 aliphatic carbocycles. The zero-order valence-corrected chi connectivity index (χ0v) is 14.9. The fourth-order valence-electron chi connectivity index (χ4n) is 2.59. The maximum Gasteiger partial charge on any atom is 0.191 e. The summed E-state index contributed by atoms with van der Waals surface area (Å²) in [6.45, 7) is 2.88. The van der Waals surface area contributed by atoms with Gasteiger partial charge in [-0.25, -0.2) is 0 Å². The first-order chi connectivity index (χ1) is 12.3. The lowest BCUT2D eigenvalue weighted by Gasteiger charge is -2.08. The van der Waals surface area contributed by atoms with Gasteiger partial charge in [0.05, 0.1) is 5.71 Å². The molecule has 1 heterocycles. The summed E-state index contributed by atoms with van der Waals surface area (Å²) in [5.74, 6) is 1.47. The average molecular weight is 352 g/mol. The van der Waals surface area contributed by atoms with E-state index < -0.39 is 0 Å². The highest BCUT2D eigenvalue weighted by Gasteiger charge is 2.13. The molecule has 0 radical (unpaired) electrons. The van der Waals surface area contributed by atoms with Crippen LogP contribution in [0, 0.1) is 0 Å². The van der Waals surface area contributed by atoms with E-state index in [4.69, 9.17) is 0 Å². The summed E-state index contributed by atoms with van der Waals surface area (Å²) in [5.41, 5.74) is 2.74. The topological polar surface area (TPSA) is 63.3 Å². The van der Waals surface area contributed by atoms with Crippen molar-refractivity contribution in [2.45, 2.75) is 25.0 Å². The standard InChI is InChI=1S/C19H20N4OS/c1-2-23-18(13-15-9-5-3-6-10-15)20-21-19(23)25-14-17(22-24)16-11-7-4-8-12-16/h3-12,24H,2,13-14H2,1H3/b22-17+. The van der Waals surface area contributed by atoms with Gasteiger partial charge in [0.2, 0.25) is 0 Å². The van der Waals surface area contributed by atoms with E-state index in [9.17, 15) is 5.21 Å². The third-order valence-electron chi connectivity index (χ3n) is 3.88. The van der Waals surface area contributed by atoms with Gasteiger partial charge in [-0.3, -0.25) is 0 Å². The number of thioether (sulfide) groups is 1. The molecule has 2 aromatic carbocycles. The molecule has 3 aromatic rings. The molecule has 0 saturated heterocycles. The second kappa shape index (κ2) is 8.48. The van der Waals surface area contributed by atoms with Crippen LogP contribution in [0.25, 0.3) is 0 Å².